The van der Waals surface area contributed by atoms with E-state index in [0.717, 1.165) is 33.8 Å². The molecule has 0 aliphatic carbocycles. The van der Waals surface area contributed by atoms with E-state index in [1.54, 1.807) is 72.3 Å². The van der Waals surface area contributed by atoms with Crippen LogP contribution in [0.5, 0.6) is 11.5 Å². The number of methoxy groups -OCH3 is 1. The molecule has 2 aromatic carbocycles. The number of nitro benzene ring substituents is 2. The average molecular weight is 1720 g/mol. The quantitative estimate of drug-likeness (QED) is 0.0184. The van der Waals surface area contributed by atoms with Crippen molar-refractivity contribution in [1.29, 1.82) is 0 Å². The predicted octanol–water partition coefficient (Wildman–Crippen LogP) is 3.54. The van der Waals surface area contributed by atoms with Crippen LogP contribution < -0.4 is 19.3 Å². The van der Waals surface area contributed by atoms with Gasteiger partial charge in [0.2, 0.25) is 18.7 Å². The van der Waals surface area contributed by atoms with Crippen molar-refractivity contribution in [3.05, 3.63) is 128 Å². The Hall–Kier alpha value is -12.5. The van der Waals surface area contributed by atoms with Gasteiger partial charge in [0.25, 0.3) is 23.4 Å². The highest BCUT2D eigenvalue weighted by molar-refractivity contribution is 7.80. The molecule has 0 bridgehead atoms. The minimum atomic E-state index is -1.64. The van der Waals surface area contributed by atoms with E-state index in [0.29, 0.717) is 77.6 Å². The molecule has 4 saturated heterocycles. The number of thiocarbonyl (C=S) groups is 2. The maximum atomic E-state index is 13.7. The SMILES string of the molecule is O=C=O.[C-]#[N+]CC(=O)N1CC[C@@H](C)[C@@H](N(C)c2ncnc3c2ccn3C(=O)N(C)CCN(C)C(=S)OCc2ccc(O[C@@H]3OC[C@@H](O)[C@H](O)[C@H]3O)c([N+](=O)[O-])c2)C1.[C-]#[N+]CC(=O)N1CC[C@@H](C)[C@@H](N(C)c2ncnc3c2ccn3C(=O)N(C)CCN(C)C(=S)OCc2ccc(O[C@@H]3O[C@H](C(=O)OC)[C@@H](C)[C@H](OC(C)=O)[C@H]3OC(C)=O)c([N+](=O)[O-])c2)C1. The van der Waals surface area contributed by atoms with Crippen LogP contribution in [0.1, 0.15) is 58.6 Å². The van der Waals surface area contributed by atoms with Crippen molar-refractivity contribution in [3.8, 4) is 11.5 Å². The summed E-state index contributed by atoms with van der Waals surface area (Å²) < 4.78 is 52.3. The van der Waals surface area contributed by atoms with E-state index in [2.05, 4.69) is 43.5 Å². The van der Waals surface area contributed by atoms with E-state index >= 15 is 0 Å². The third-order valence-electron chi connectivity index (χ3n) is 20.8. The Kier molecular flexibility index (Phi) is 33.4. The minimum absolute atomic E-state index is 0.0428. The van der Waals surface area contributed by atoms with Gasteiger partial charge in [0.05, 0.1) is 46.4 Å². The number of anilines is 2. The van der Waals surface area contributed by atoms with Gasteiger partial charge in [0.15, 0.2) is 35.0 Å². The Morgan fingerprint density at radius 1 is 0.620 bits per heavy atom. The molecule has 0 radical (unpaired) electrons. The molecule has 45 heteroatoms. The van der Waals surface area contributed by atoms with Crippen LogP contribution in [0.15, 0.2) is 73.6 Å². The second-order valence-corrected chi connectivity index (χ2v) is 29.6. The van der Waals surface area contributed by atoms with Crippen LogP contribution in [0, 0.1) is 51.1 Å². The lowest BCUT2D eigenvalue weighted by atomic mass is 9.90. The molecule has 0 spiro atoms. The fourth-order valence-corrected chi connectivity index (χ4v) is 14.2. The number of fused-ring (bicyclic) bond motifs is 2. The fourth-order valence-electron chi connectivity index (χ4n) is 13.9. The number of ether oxygens (including phenoxy) is 9. The van der Waals surface area contributed by atoms with Crippen molar-refractivity contribution in [2.24, 2.45) is 17.8 Å². The molecule has 4 amide bonds. The van der Waals surface area contributed by atoms with Crippen molar-refractivity contribution < 1.29 is 111 Å². The molecule has 6 aromatic rings. The lowest BCUT2D eigenvalue weighted by Crippen LogP contribution is -2.60. The second kappa shape index (κ2) is 43.0. The molecule has 4 fully saturated rings. The minimum Gasteiger partial charge on any atom is -0.467 e. The molecule has 0 saturated carbocycles. The van der Waals surface area contributed by atoms with Crippen molar-refractivity contribution in [2.75, 3.05) is 131 Å². The van der Waals surface area contributed by atoms with Crippen LogP contribution in [-0.2, 0) is 79.9 Å². The van der Waals surface area contributed by atoms with E-state index in [1.165, 1.54) is 74.9 Å². The number of carbonyl (C=O) groups excluding carboxylic acids is 9. The number of esters is 3. The fraction of sp³-hybridized carbons (Fsp3) is 0.526. The number of aliphatic hydroxyl groups excluding tert-OH is 3. The summed E-state index contributed by atoms with van der Waals surface area (Å²) in [6.07, 6.45) is -3.71. The average Bonchev–Trinajstić information content (AvgIpc) is 1.40. The summed E-state index contributed by atoms with van der Waals surface area (Å²) >= 11 is 10.9. The number of piperidine rings is 2. The molecule has 0 unspecified atom stereocenters. The third kappa shape index (κ3) is 23.3. The summed E-state index contributed by atoms with van der Waals surface area (Å²) in [6, 6.07) is 10.7. The molecule has 650 valence electrons. The number of hydrogen-bond acceptors (Lipinski definition) is 33. The smallest absolute Gasteiger partial charge is 0.373 e. The van der Waals surface area contributed by atoms with Gasteiger partial charge in [-0.15, -0.1) is 0 Å². The highest BCUT2D eigenvalue weighted by atomic mass is 32.1. The maximum absolute atomic E-state index is 13.7. The second-order valence-electron chi connectivity index (χ2n) is 28.9. The highest BCUT2D eigenvalue weighted by Gasteiger charge is 2.53. The van der Waals surface area contributed by atoms with Gasteiger partial charge < -0.3 is 107 Å². The van der Waals surface area contributed by atoms with E-state index in [9.17, 15) is 69.1 Å². The molecule has 4 aliphatic heterocycles. The molecule has 13 atom stereocenters. The first kappa shape index (κ1) is 94.0. The van der Waals surface area contributed by atoms with Gasteiger partial charge in [0.1, 0.15) is 55.8 Å². The number of rotatable bonds is 25. The number of nitrogens with zero attached hydrogens (tertiary/aromatic N) is 18. The summed E-state index contributed by atoms with van der Waals surface area (Å²) in [6.45, 7) is 24.2. The van der Waals surface area contributed by atoms with Crippen LogP contribution >= 0.6 is 24.4 Å². The zero-order valence-corrected chi connectivity index (χ0v) is 69.9. The Balaban J connectivity index is 0.000000295. The van der Waals surface area contributed by atoms with Crippen molar-refractivity contribution in [2.45, 2.75) is 122 Å². The van der Waals surface area contributed by atoms with Crippen molar-refractivity contribution in [1.82, 2.24) is 58.5 Å². The number of likely N-dealkylation sites (N-methyl/N-ethyl adjacent to an activating group) is 6. The Morgan fingerprint density at radius 2 is 1.03 bits per heavy atom. The van der Waals surface area contributed by atoms with Gasteiger partial charge in [-0.2, -0.15) is 9.59 Å². The van der Waals surface area contributed by atoms with Crippen molar-refractivity contribution >= 4 is 128 Å². The lowest BCUT2D eigenvalue weighted by Gasteiger charge is -2.42. The number of carbonyl (C=O) groups is 7. The summed E-state index contributed by atoms with van der Waals surface area (Å²) in [5.41, 5.74) is 0.588. The topological polar surface area (TPSA) is 480 Å². The van der Waals surface area contributed by atoms with Crippen molar-refractivity contribution in [3.63, 3.8) is 0 Å². The predicted molar refractivity (Wildman–Crippen MR) is 431 cm³/mol. The Morgan fingerprint density at radius 3 is 1.44 bits per heavy atom. The first-order chi connectivity index (χ1) is 57.5. The van der Waals surface area contributed by atoms with E-state index in [4.69, 9.17) is 89.8 Å². The molecule has 10 rings (SSSR count). The largest absolute Gasteiger partial charge is 0.467 e. The number of benzene rings is 2. The molecular weight excluding hydrogens is 1630 g/mol. The number of aliphatic hydroxyl groups is 3. The molecule has 43 nitrogen and oxygen atoms in total. The summed E-state index contributed by atoms with van der Waals surface area (Å²) in [4.78, 5) is 166. The summed E-state index contributed by atoms with van der Waals surface area (Å²) in [5.74, 6) is -2.44. The number of aromatic nitrogens is 6. The van der Waals surface area contributed by atoms with Gasteiger partial charge in [-0.3, -0.25) is 48.5 Å². The normalized spacial score (nSPS) is 21.6. The summed E-state index contributed by atoms with van der Waals surface area (Å²) in [7, 11) is 11.5. The molecule has 8 heterocycles. The maximum Gasteiger partial charge on any atom is 0.373 e. The van der Waals surface area contributed by atoms with Crippen LogP contribution in [0.2, 0.25) is 0 Å². The van der Waals surface area contributed by atoms with E-state index in [1.807, 2.05) is 23.9 Å². The molecule has 4 aliphatic rings. The molecular formula is C76H94N18O25S2. The van der Waals surface area contributed by atoms with Gasteiger partial charge in [-0.25, -0.2) is 47.5 Å². The van der Waals surface area contributed by atoms with Crippen LogP contribution in [0.4, 0.5) is 32.6 Å². The van der Waals surface area contributed by atoms with E-state index < -0.39 is 94.3 Å². The third-order valence-corrected chi connectivity index (χ3v) is 21.7. The van der Waals surface area contributed by atoms with Crippen LogP contribution in [-0.4, -0.2) is 325 Å². The first-order valence-electron chi connectivity index (χ1n) is 37.7. The number of amides is 4. The highest BCUT2D eigenvalue weighted by Crippen LogP contribution is 2.38. The van der Waals surface area contributed by atoms with Gasteiger partial charge >= 0.3 is 59.3 Å². The molecule has 4 aromatic heterocycles. The van der Waals surface area contributed by atoms with E-state index in [-0.39, 0.29) is 128 Å². The van der Waals surface area contributed by atoms with Crippen LogP contribution in [0.3, 0.4) is 0 Å². The van der Waals surface area contributed by atoms with Gasteiger partial charge in [0, 0.05) is 139 Å². The first-order valence-corrected chi connectivity index (χ1v) is 38.5. The summed E-state index contributed by atoms with van der Waals surface area (Å²) in [5, 5.41) is 55.2. The Labute approximate surface area is 704 Å². The van der Waals surface area contributed by atoms with Gasteiger partial charge in [-0.05, 0) is 84.5 Å². The Bertz CT molecular complexity index is 4900. The lowest BCUT2D eigenvalue weighted by molar-refractivity contribution is -0.387. The molecule has 121 heavy (non-hydrogen) atoms. The molecule has 3 N–H and O–H groups in total. The standard InChI is InChI=1S/C41H51N9O13S.C34H43N9O10S.CO2/c1-23-12-14-48(32(53)19-42-5)20-30(23)47(8)36-28-13-15-49(37(28)44-22-43-36)40(55)45(6)16-17-46(7)41(64)59-21-27-10-11-31(29(18-27)50(56)57)62-39-35(61-26(4)52)33(60-25(3)51)24(2)34(63-39)38(54)58-9;1-20-8-10-41(27(45)15-35-2)16-24(20)40(5)30-22-9-11-42(31(22)37-19-36-30)33(48)38(3)12-13-39(4)34(54)52-17-21-6-7-26(23(14-21)43(49)50)53-32-29(47)28(46)25(44)18-51-32;2-1-3/h10-11,13,15,18,22-24,30,33-35,39H,12,14,16-17,19-21H2,1-4,6-9H3;6-7,9,11,14,19-20,24-25,28-29,32,44,46-47H,8,10,12-13,15-18H2,1,3-5H3;/t23-,24+,30+,33+,34+,35-,39-;20-,24+,25-,28+,29-,32+;/m11./s1. The van der Waals surface area contributed by atoms with Gasteiger partial charge in [-0.1, -0.05) is 32.9 Å². The number of hydrogen-bond donors (Lipinski definition) is 3. The number of likely N-dealkylation sites (tertiary alicyclic amines) is 2. The number of nitro groups is 2. The van der Waals surface area contributed by atoms with Crippen LogP contribution in [0.25, 0.3) is 31.8 Å². The zero-order valence-electron chi connectivity index (χ0n) is 68.2. The monoisotopic (exact) mass is 1720 g/mol. The zero-order chi connectivity index (χ0) is 89.0.